The molecule has 0 aliphatic heterocycles. The van der Waals surface area contributed by atoms with Crippen LogP contribution in [0.3, 0.4) is 0 Å². The van der Waals surface area contributed by atoms with Crippen LogP contribution in [0.15, 0.2) is 18.7 Å². The molecule has 0 radical (unpaired) electrons. The molecule has 0 bridgehead atoms. The maximum atomic E-state index is 10.1. The van der Waals surface area contributed by atoms with Gasteiger partial charge < -0.3 is 9.90 Å². The monoisotopic (exact) mass is 450 g/mol. The van der Waals surface area contributed by atoms with Crippen LogP contribution in [0.2, 0.25) is 0 Å². The Balaban J connectivity index is 0.000000601. The first-order valence-corrected chi connectivity index (χ1v) is 13.8. The predicted octanol–water partition coefficient (Wildman–Crippen LogP) is 6.89. The molecule has 1 aromatic rings. The van der Waals surface area contributed by atoms with Crippen LogP contribution < -0.4 is 9.67 Å². The molecule has 32 heavy (non-hydrogen) atoms. The zero-order chi connectivity index (χ0) is 23.7. The van der Waals surface area contributed by atoms with Crippen LogP contribution in [0.25, 0.3) is 0 Å². The summed E-state index contributed by atoms with van der Waals surface area (Å²) in [5.41, 5.74) is 0. The first kappa shape index (κ1) is 30.7. The topological polar surface area (TPSA) is 48.9 Å². The van der Waals surface area contributed by atoms with E-state index in [1.54, 1.807) is 0 Å². The van der Waals surface area contributed by atoms with E-state index in [0.29, 0.717) is 0 Å². The maximum absolute atomic E-state index is 10.1. The first-order chi connectivity index (χ1) is 15.6. The van der Waals surface area contributed by atoms with Crippen LogP contribution >= 0.6 is 0 Å². The minimum Gasteiger partial charge on any atom is -0.550 e. The van der Waals surface area contributed by atoms with Gasteiger partial charge in [-0.15, -0.1) is 0 Å². The van der Waals surface area contributed by atoms with Crippen LogP contribution in [-0.2, 0) is 18.4 Å². The predicted molar refractivity (Wildman–Crippen MR) is 134 cm³/mol. The van der Waals surface area contributed by atoms with Gasteiger partial charge in [0.1, 0.15) is 12.4 Å². The van der Waals surface area contributed by atoms with E-state index in [-0.39, 0.29) is 6.42 Å². The van der Waals surface area contributed by atoms with Gasteiger partial charge in [-0.1, -0.05) is 117 Å². The van der Waals surface area contributed by atoms with Gasteiger partial charge in [-0.05, 0) is 25.7 Å². The zero-order valence-corrected chi connectivity index (χ0v) is 21.8. The Morgan fingerprint density at radius 3 is 1.47 bits per heavy atom. The molecule has 1 heterocycles. The van der Waals surface area contributed by atoms with E-state index in [0.717, 1.165) is 12.8 Å². The molecular weight excluding hydrogens is 396 g/mol. The van der Waals surface area contributed by atoms with E-state index in [2.05, 4.69) is 48.8 Å². The molecule has 0 saturated heterocycles. The molecule has 188 valence electrons. The van der Waals surface area contributed by atoms with Crippen molar-refractivity contribution in [2.45, 2.75) is 149 Å². The van der Waals surface area contributed by atoms with Crippen LogP contribution in [0, 0.1) is 0 Å². The minimum absolute atomic E-state index is 0.233. The van der Waals surface area contributed by atoms with E-state index in [1.165, 1.54) is 116 Å². The number of carboxylic acid groups (broad SMARTS) is 1. The molecule has 4 heteroatoms. The molecule has 0 atom stereocenters. The Bertz CT molecular complexity index is 513. The van der Waals surface area contributed by atoms with Crippen molar-refractivity contribution in [3.05, 3.63) is 18.7 Å². The number of aromatic nitrogens is 2. The average Bonchev–Trinajstić information content (AvgIpc) is 3.19. The van der Waals surface area contributed by atoms with Crippen molar-refractivity contribution in [1.82, 2.24) is 4.57 Å². The third-order valence-corrected chi connectivity index (χ3v) is 6.08. The molecule has 4 nitrogen and oxygen atoms in total. The Kier molecular flexibility index (Phi) is 23.3. The fraction of sp³-hybridized carbons (Fsp3) is 0.857. The first-order valence-electron chi connectivity index (χ1n) is 13.8. The van der Waals surface area contributed by atoms with Gasteiger partial charge in [-0.25, -0.2) is 9.13 Å². The molecule has 0 amide bonds. The van der Waals surface area contributed by atoms with Crippen molar-refractivity contribution in [2.24, 2.45) is 7.05 Å². The third-order valence-electron chi connectivity index (χ3n) is 6.08. The lowest BCUT2D eigenvalue weighted by Gasteiger charge is -2.03. The summed E-state index contributed by atoms with van der Waals surface area (Å²) in [7, 11) is 2.07. The number of unbranched alkanes of at least 4 members (excludes halogenated alkanes) is 17. The summed E-state index contributed by atoms with van der Waals surface area (Å²) in [5, 5.41) is 10.1. The van der Waals surface area contributed by atoms with Crippen LogP contribution in [0.1, 0.15) is 142 Å². The fourth-order valence-electron chi connectivity index (χ4n) is 4.00. The number of hydrogen-bond donors (Lipinski definition) is 0. The van der Waals surface area contributed by atoms with Crippen molar-refractivity contribution in [3.8, 4) is 0 Å². The molecule has 0 N–H and O–H groups in total. The largest absolute Gasteiger partial charge is 0.550 e. The van der Waals surface area contributed by atoms with Crippen molar-refractivity contribution >= 4 is 5.97 Å². The van der Waals surface area contributed by atoms with E-state index < -0.39 is 5.97 Å². The molecule has 0 saturated carbocycles. The lowest BCUT2D eigenvalue weighted by atomic mass is 10.1. The van der Waals surface area contributed by atoms with Gasteiger partial charge in [0.15, 0.2) is 0 Å². The maximum Gasteiger partial charge on any atom is 0.243 e. The highest BCUT2D eigenvalue weighted by atomic mass is 16.4. The second-order valence-corrected chi connectivity index (χ2v) is 9.45. The van der Waals surface area contributed by atoms with Crippen molar-refractivity contribution < 1.29 is 14.5 Å². The highest BCUT2D eigenvalue weighted by Gasteiger charge is 1.99. The average molecular weight is 451 g/mol. The smallest absolute Gasteiger partial charge is 0.243 e. The quantitative estimate of drug-likeness (QED) is 0.151. The Labute approximate surface area is 199 Å². The molecule has 1 aromatic heterocycles. The number of nitrogens with zero attached hydrogens (tertiary/aromatic N) is 2. The zero-order valence-electron chi connectivity index (χ0n) is 21.8. The van der Waals surface area contributed by atoms with Gasteiger partial charge in [0.05, 0.1) is 13.6 Å². The summed E-state index contributed by atoms with van der Waals surface area (Å²) in [6.07, 6.45) is 31.6. The van der Waals surface area contributed by atoms with Gasteiger partial charge in [0.2, 0.25) is 6.33 Å². The fourth-order valence-corrected chi connectivity index (χ4v) is 4.00. The number of hydrogen-bond acceptors (Lipinski definition) is 2. The normalized spacial score (nSPS) is 10.7. The number of carboxylic acids is 1. The van der Waals surface area contributed by atoms with Crippen molar-refractivity contribution in [2.75, 3.05) is 0 Å². The van der Waals surface area contributed by atoms with Crippen LogP contribution in [-0.4, -0.2) is 10.5 Å². The molecule has 0 aliphatic rings. The van der Waals surface area contributed by atoms with Crippen LogP contribution in [0.5, 0.6) is 0 Å². The van der Waals surface area contributed by atoms with E-state index >= 15 is 0 Å². The molecule has 0 aliphatic carbocycles. The molecule has 1 rings (SSSR count). The number of aryl methyl sites for hydroxylation is 2. The molecule has 0 aromatic carbocycles. The van der Waals surface area contributed by atoms with E-state index in [1.807, 2.05) is 0 Å². The van der Waals surface area contributed by atoms with Crippen LogP contribution in [0.4, 0.5) is 0 Å². The van der Waals surface area contributed by atoms with Crippen molar-refractivity contribution in [3.63, 3.8) is 0 Å². The number of aliphatic carboxylic acids is 1. The summed E-state index contributed by atoms with van der Waals surface area (Å²) >= 11 is 0. The summed E-state index contributed by atoms with van der Waals surface area (Å²) in [4.78, 5) is 10.1. The van der Waals surface area contributed by atoms with Gasteiger partial charge in [-0.2, -0.15) is 0 Å². The second-order valence-electron chi connectivity index (χ2n) is 9.45. The van der Waals surface area contributed by atoms with Gasteiger partial charge in [-0.3, -0.25) is 0 Å². The highest BCUT2D eigenvalue weighted by molar-refractivity contribution is 5.63. The Hall–Kier alpha value is -1.32. The van der Waals surface area contributed by atoms with E-state index in [4.69, 9.17) is 0 Å². The molecule has 0 fully saturated rings. The second kappa shape index (κ2) is 24.3. The minimum atomic E-state index is -0.907. The summed E-state index contributed by atoms with van der Waals surface area (Å²) in [5.74, 6) is -0.907. The van der Waals surface area contributed by atoms with Gasteiger partial charge in [0.25, 0.3) is 0 Å². The number of imidazole rings is 1. The highest BCUT2D eigenvalue weighted by Crippen LogP contribution is 2.11. The SMILES string of the molecule is CCCCCCCCCCCCCC(=O)[O-].CCCCCCCCCC[n+]1ccn(C)c1. The van der Waals surface area contributed by atoms with Crippen molar-refractivity contribution in [1.29, 1.82) is 0 Å². The molecule has 0 unspecified atom stereocenters. The Morgan fingerprint density at radius 1 is 0.688 bits per heavy atom. The standard InChI is InChI=1S/C14H27N2.C14H28O2/c1-3-4-5-6-7-8-9-10-11-16-13-12-15(2)14-16;1-2-3-4-5-6-7-8-9-10-11-12-13-14(15)16/h12-14H,3-11H2,1-2H3;2-13H2,1H3,(H,15,16)/q+1;/p-1. The Morgan fingerprint density at radius 2 is 1.09 bits per heavy atom. The third kappa shape index (κ3) is 23.3. The molecule has 0 spiro atoms. The lowest BCUT2D eigenvalue weighted by Crippen LogP contribution is -2.30. The summed E-state index contributed by atoms with van der Waals surface area (Å²) < 4.78 is 4.38. The number of rotatable bonds is 21. The van der Waals surface area contributed by atoms with E-state index in [9.17, 15) is 9.90 Å². The summed E-state index contributed by atoms with van der Waals surface area (Å²) in [6, 6.07) is 0. The number of carbonyl (C=O) groups excluding carboxylic acids is 1. The molecular formula is C28H54N2O2. The number of carbonyl (C=O) groups is 1. The van der Waals surface area contributed by atoms with Gasteiger partial charge in [0, 0.05) is 5.97 Å². The van der Waals surface area contributed by atoms with Gasteiger partial charge >= 0.3 is 0 Å². The summed E-state index contributed by atoms with van der Waals surface area (Å²) in [6.45, 7) is 5.69. The lowest BCUT2D eigenvalue weighted by molar-refractivity contribution is -0.696.